The number of fused-ring (bicyclic) bond motifs is 2. The normalized spacial score (nSPS) is 31.4. The van der Waals surface area contributed by atoms with Crippen molar-refractivity contribution in [1.29, 1.82) is 0 Å². The van der Waals surface area contributed by atoms with E-state index in [1.54, 1.807) is 0 Å². The van der Waals surface area contributed by atoms with Gasteiger partial charge in [-0.2, -0.15) is 0 Å². The number of hydrogen-bond acceptors (Lipinski definition) is 2. The van der Waals surface area contributed by atoms with Crippen molar-refractivity contribution in [2.75, 3.05) is 13.1 Å². The molecule has 2 fully saturated rings. The highest BCUT2D eigenvalue weighted by atomic mass is 16.4. The van der Waals surface area contributed by atoms with Gasteiger partial charge in [0.25, 0.3) is 0 Å². The highest BCUT2D eigenvalue weighted by Gasteiger charge is 2.52. The molecule has 4 rings (SSSR count). The van der Waals surface area contributed by atoms with Crippen LogP contribution in [0.5, 0.6) is 0 Å². The number of carboxylic acid groups (broad SMARTS) is 1. The number of carbonyl (C=O) groups excluding carboxylic acids is 1. The van der Waals surface area contributed by atoms with Gasteiger partial charge < -0.3 is 10.0 Å². The summed E-state index contributed by atoms with van der Waals surface area (Å²) in [6, 6.07) is 10.5. The minimum atomic E-state index is -0.811. The summed E-state index contributed by atoms with van der Waals surface area (Å²) in [5.41, 5.74) is 1.36. The van der Waals surface area contributed by atoms with Gasteiger partial charge in [0, 0.05) is 13.1 Å². The molecule has 132 valence electrons. The molecule has 25 heavy (non-hydrogen) atoms. The Bertz CT molecular complexity index is 676. The molecule has 1 aromatic rings. The summed E-state index contributed by atoms with van der Waals surface area (Å²) in [7, 11) is 0. The standard InChI is InChI=1S/C21H25NO3/c23-20(18-16-6-7-17(13-16)19(18)21(24)25)22-10-8-15(9-11-22)12-14-4-2-1-3-5-14/h1-7,15-19H,8-13H2,(H,24,25)/t16-,17-,18+,19+/m1/s1. The van der Waals surface area contributed by atoms with Gasteiger partial charge in [-0.05, 0) is 49.0 Å². The quantitative estimate of drug-likeness (QED) is 0.858. The molecule has 3 aliphatic rings. The second-order valence-corrected chi connectivity index (χ2v) is 7.80. The fourth-order valence-corrected chi connectivity index (χ4v) is 5.01. The van der Waals surface area contributed by atoms with Crippen LogP contribution in [0, 0.1) is 29.6 Å². The van der Waals surface area contributed by atoms with Gasteiger partial charge in [0.05, 0.1) is 11.8 Å². The van der Waals surface area contributed by atoms with Crippen molar-refractivity contribution in [3.63, 3.8) is 0 Å². The third kappa shape index (κ3) is 3.10. The van der Waals surface area contributed by atoms with Crippen LogP contribution in [0.4, 0.5) is 0 Å². The zero-order valence-corrected chi connectivity index (χ0v) is 14.4. The van der Waals surface area contributed by atoms with E-state index in [-0.39, 0.29) is 23.7 Å². The van der Waals surface area contributed by atoms with Crippen molar-refractivity contribution in [1.82, 2.24) is 4.90 Å². The Hall–Kier alpha value is -2.10. The Morgan fingerprint density at radius 2 is 1.64 bits per heavy atom. The van der Waals surface area contributed by atoms with E-state index >= 15 is 0 Å². The number of allylic oxidation sites excluding steroid dienone is 2. The van der Waals surface area contributed by atoms with Crippen molar-refractivity contribution < 1.29 is 14.7 Å². The van der Waals surface area contributed by atoms with E-state index in [0.29, 0.717) is 5.92 Å². The first-order chi connectivity index (χ1) is 12.1. The highest BCUT2D eigenvalue weighted by Crippen LogP contribution is 2.49. The maximum Gasteiger partial charge on any atom is 0.307 e. The van der Waals surface area contributed by atoms with Crippen molar-refractivity contribution in [2.45, 2.75) is 25.7 Å². The molecule has 0 spiro atoms. The van der Waals surface area contributed by atoms with E-state index in [1.807, 2.05) is 17.0 Å². The van der Waals surface area contributed by atoms with E-state index in [1.165, 1.54) is 5.56 Å². The summed E-state index contributed by atoms with van der Waals surface area (Å²) in [6.45, 7) is 1.53. The van der Waals surface area contributed by atoms with Crippen LogP contribution < -0.4 is 0 Å². The Balaban J connectivity index is 1.37. The number of carbonyl (C=O) groups is 2. The molecule has 2 aliphatic carbocycles. The Labute approximate surface area is 148 Å². The largest absolute Gasteiger partial charge is 0.481 e. The maximum atomic E-state index is 13.0. The number of amides is 1. The van der Waals surface area contributed by atoms with Crippen LogP contribution in [-0.4, -0.2) is 35.0 Å². The van der Waals surface area contributed by atoms with Gasteiger partial charge in [-0.1, -0.05) is 42.5 Å². The molecule has 1 saturated heterocycles. The number of piperidine rings is 1. The fourth-order valence-electron chi connectivity index (χ4n) is 5.01. The van der Waals surface area contributed by atoms with E-state index in [4.69, 9.17) is 0 Å². The molecule has 4 nitrogen and oxygen atoms in total. The predicted molar refractivity (Wildman–Crippen MR) is 94.8 cm³/mol. The van der Waals surface area contributed by atoms with Gasteiger partial charge in [0.15, 0.2) is 0 Å². The van der Waals surface area contributed by atoms with Crippen LogP contribution in [0.15, 0.2) is 42.5 Å². The molecule has 1 aromatic carbocycles. The van der Waals surface area contributed by atoms with Gasteiger partial charge in [-0.15, -0.1) is 0 Å². The number of benzene rings is 1. The topological polar surface area (TPSA) is 57.6 Å². The molecule has 0 unspecified atom stereocenters. The van der Waals surface area contributed by atoms with Gasteiger partial charge >= 0.3 is 5.97 Å². The predicted octanol–water partition coefficient (Wildman–Crippen LogP) is 2.99. The van der Waals surface area contributed by atoms with Gasteiger partial charge in [0.1, 0.15) is 0 Å². The second kappa shape index (κ2) is 6.66. The molecule has 2 bridgehead atoms. The number of hydrogen-bond donors (Lipinski definition) is 1. The third-order valence-corrected chi connectivity index (χ3v) is 6.32. The Morgan fingerprint density at radius 1 is 1.00 bits per heavy atom. The van der Waals surface area contributed by atoms with E-state index in [2.05, 4.69) is 30.3 Å². The molecule has 4 atom stereocenters. The SMILES string of the molecule is O=C(O)[C@@H]1[C@@H](C(=O)N2CCC(Cc3ccccc3)CC2)[C@@H]2C=C[C@@H]1C2. The number of rotatable bonds is 4. The summed E-state index contributed by atoms with van der Waals surface area (Å²) in [5.74, 6) is -0.825. The monoisotopic (exact) mass is 339 g/mol. The first-order valence-electron chi connectivity index (χ1n) is 9.37. The third-order valence-electron chi connectivity index (χ3n) is 6.32. The summed E-state index contributed by atoms with van der Waals surface area (Å²) >= 11 is 0. The molecule has 0 radical (unpaired) electrons. The fraction of sp³-hybridized carbons (Fsp3) is 0.524. The first-order valence-corrected chi connectivity index (χ1v) is 9.37. The summed E-state index contributed by atoms with van der Waals surface area (Å²) < 4.78 is 0. The summed E-state index contributed by atoms with van der Waals surface area (Å²) in [5, 5.41) is 9.55. The van der Waals surface area contributed by atoms with Crippen molar-refractivity contribution >= 4 is 11.9 Å². The average molecular weight is 339 g/mol. The van der Waals surface area contributed by atoms with E-state index in [0.717, 1.165) is 38.8 Å². The lowest BCUT2D eigenvalue weighted by molar-refractivity contribution is -0.151. The van der Waals surface area contributed by atoms with Crippen LogP contribution in [-0.2, 0) is 16.0 Å². The number of carboxylic acids is 1. The first kappa shape index (κ1) is 16.4. The lowest BCUT2D eigenvalue weighted by Crippen LogP contribution is -2.46. The van der Waals surface area contributed by atoms with Crippen LogP contribution >= 0.6 is 0 Å². The lowest BCUT2D eigenvalue weighted by Gasteiger charge is -2.36. The zero-order valence-electron chi connectivity index (χ0n) is 14.4. The van der Waals surface area contributed by atoms with Gasteiger partial charge in [-0.25, -0.2) is 0 Å². The van der Waals surface area contributed by atoms with Crippen LogP contribution in [0.25, 0.3) is 0 Å². The average Bonchev–Trinajstić information content (AvgIpc) is 3.24. The second-order valence-electron chi connectivity index (χ2n) is 7.80. The van der Waals surface area contributed by atoms with Crippen LogP contribution in [0.1, 0.15) is 24.8 Å². The van der Waals surface area contributed by atoms with Crippen molar-refractivity contribution in [3.05, 3.63) is 48.0 Å². The molecule has 1 aliphatic heterocycles. The van der Waals surface area contributed by atoms with E-state index < -0.39 is 11.9 Å². The molecular formula is C21H25NO3. The van der Waals surface area contributed by atoms with Crippen molar-refractivity contribution in [2.24, 2.45) is 29.6 Å². The Kier molecular flexibility index (Phi) is 4.36. The lowest BCUT2D eigenvalue weighted by atomic mass is 9.81. The van der Waals surface area contributed by atoms with Crippen LogP contribution in [0.2, 0.25) is 0 Å². The van der Waals surface area contributed by atoms with Crippen LogP contribution in [0.3, 0.4) is 0 Å². The molecule has 0 aromatic heterocycles. The highest BCUT2D eigenvalue weighted by molar-refractivity contribution is 5.87. The molecular weight excluding hydrogens is 314 g/mol. The maximum absolute atomic E-state index is 13.0. The smallest absolute Gasteiger partial charge is 0.307 e. The minimum absolute atomic E-state index is 0.0482. The molecule has 1 amide bonds. The number of nitrogens with zero attached hydrogens (tertiary/aromatic N) is 1. The summed E-state index contributed by atoms with van der Waals surface area (Å²) in [6.07, 6.45) is 7.98. The van der Waals surface area contributed by atoms with Gasteiger partial charge in [0.2, 0.25) is 5.91 Å². The molecule has 4 heteroatoms. The van der Waals surface area contributed by atoms with Gasteiger partial charge in [-0.3, -0.25) is 9.59 Å². The van der Waals surface area contributed by atoms with Crippen molar-refractivity contribution in [3.8, 4) is 0 Å². The van der Waals surface area contributed by atoms with E-state index in [9.17, 15) is 14.7 Å². The molecule has 1 N–H and O–H groups in total. The molecule has 1 heterocycles. The Morgan fingerprint density at radius 3 is 2.28 bits per heavy atom. The number of likely N-dealkylation sites (tertiary alicyclic amines) is 1. The summed E-state index contributed by atoms with van der Waals surface area (Å²) in [4.78, 5) is 26.6. The number of aliphatic carboxylic acids is 1. The minimum Gasteiger partial charge on any atom is -0.481 e. The zero-order chi connectivity index (χ0) is 17.4. The molecule has 1 saturated carbocycles.